The van der Waals surface area contributed by atoms with Gasteiger partial charge in [0, 0.05) is 12.6 Å². The van der Waals surface area contributed by atoms with Gasteiger partial charge in [0.05, 0.1) is 12.6 Å². The molecule has 0 spiro atoms. The maximum absolute atomic E-state index is 13.2. The lowest BCUT2D eigenvalue weighted by molar-refractivity contribution is 0.345. The van der Waals surface area contributed by atoms with Crippen molar-refractivity contribution in [3.63, 3.8) is 0 Å². The first-order chi connectivity index (χ1) is 8.11. The molecule has 92 valence electrons. The van der Waals surface area contributed by atoms with Crippen LogP contribution in [0.1, 0.15) is 24.9 Å². The van der Waals surface area contributed by atoms with Gasteiger partial charge in [-0.15, -0.1) is 0 Å². The van der Waals surface area contributed by atoms with Gasteiger partial charge in [0.15, 0.2) is 5.96 Å². The Labute approximate surface area is 99.6 Å². The topological polar surface area (TPSA) is 61.8 Å². The number of rotatable bonds is 3. The summed E-state index contributed by atoms with van der Waals surface area (Å²) in [5.41, 5.74) is 6.50. The number of aromatic hydroxyl groups is 1. The van der Waals surface area contributed by atoms with Crippen molar-refractivity contribution in [3.05, 3.63) is 29.6 Å². The minimum absolute atomic E-state index is 0.0677. The summed E-state index contributed by atoms with van der Waals surface area (Å²) in [4.78, 5) is 6.11. The van der Waals surface area contributed by atoms with Crippen LogP contribution in [-0.2, 0) is 0 Å². The Morgan fingerprint density at radius 3 is 2.94 bits per heavy atom. The second-order valence-corrected chi connectivity index (χ2v) is 4.15. The van der Waals surface area contributed by atoms with Gasteiger partial charge in [-0.25, -0.2) is 4.39 Å². The summed E-state index contributed by atoms with van der Waals surface area (Å²) in [6.07, 6.45) is 0.939. The molecule has 4 nitrogen and oxygen atoms in total. The number of nitrogens with zero attached hydrogens (tertiary/aromatic N) is 2. The van der Waals surface area contributed by atoms with Crippen molar-refractivity contribution in [2.45, 2.75) is 19.4 Å². The zero-order valence-electron chi connectivity index (χ0n) is 9.73. The average Bonchev–Trinajstić information content (AvgIpc) is 2.60. The molecule has 0 saturated heterocycles. The van der Waals surface area contributed by atoms with Crippen LogP contribution < -0.4 is 5.73 Å². The molecule has 0 bridgehead atoms. The van der Waals surface area contributed by atoms with Gasteiger partial charge in [-0.2, -0.15) is 0 Å². The third kappa shape index (κ3) is 2.33. The van der Waals surface area contributed by atoms with Crippen LogP contribution in [0.4, 0.5) is 4.39 Å². The molecule has 5 heteroatoms. The fraction of sp³-hybridized carbons (Fsp3) is 0.417. The van der Waals surface area contributed by atoms with Crippen LogP contribution in [0.15, 0.2) is 23.2 Å². The molecule has 0 aliphatic carbocycles. The summed E-state index contributed by atoms with van der Waals surface area (Å²) in [5.74, 6) is -0.0237. The molecule has 0 saturated carbocycles. The van der Waals surface area contributed by atoms with E-state index in [1.165, 1.54) is 6.07 Å². The monoisotopic (exact) mass is 237 g/mol. The molecule has 17 heavy (non-hydrogen) atoms. The summed E-state index contributed by atoms with van der Waals surface area (Å²) in [7, 11) is 0. The van der Waals surface area contributed by atoms with Gasteiger partial charge in [0.25, 0.3) is 0 Å². The highest BCUT2D eigenvalue weighted by Crippen LogP contribution is 2.28. The Morgan fingerprint density at radius 1 is 1.53 bits per heavy atom. The van der Waals surface area contributed by atoms with Crippen LogP contribution in [0.5, 0.6) is 5.75 Å². The Bertz CT molecular complexity index is 427. The molecule has 1 aromatic rings. The van der Waals surface area contributed by atoms with Gasteiger partial charge >= 0.3 is 0 Å². The zero-order valence-corrected chi connectivity index (χ0v) is 9.73. The van der Waals surface area contributed by atoms with Crippen molar-refractivity contribution in [1.82, 2.24) is 4.90 Å². The highest BCUT2D eigenvalue weighted by molar-refractivity contribution is 5.80. The van der Waals surface area contributed by atoms with Gasteiger partial charge in [0.1, 0.15) is 11.6 Å². The lowest BCUT2D eigenvalue weighted by atomic mass is 10.1. The predicted octanol–water partition coefficient (Wildman–Crippen LogP) is 1.61. The zero-order chi connectivity index (χ0) is 12.4. The van der Waals surface area contributed by atoms with Crippen molar-refractivity contribution in [3.8, 4) is 5.75 Å². The molecule has 3 N–H and O–H groups in total. The molecule has 1 heterocycles. The van der Waals surface area contributed by atoms with E-state index in [0.29, 0.717) is 18.1 Å². The second-order valence-electron chi connectivity index (χ2n) is 4.15. The summed E-state index contributed by atoms with van der Waals surface area (Å²) in [6.45, 7) is 3.33. The van der Waals surface area contributed by atoms with E-state index in [2.05, 4.69) is 4.99 Å². The van der Waals surface area contributed by atoms with E-state index in [4.69, 9.17) is 5.73 Å². The van der Waals surface area contributed by atoms with Gasteiger partial charge in [-0.1, -0.05) is 6.92 Å². The SMILES string of the molecule is CCCN1C(N)=NCC1c1cc(O)cc(F)c1. The second kappa shape index (κ2) is 4.61. The van der Waals surface area contributed by atoms with Crippen molar-refractivity contribution in [2.24, 2.45) is 10.7 Å². The van der Waals surface area contributed by atoms with Gasteiger partial charge in [0.2, 0.25) is 0 Å². The van der Waals surface area contributed by atoms with E-state index in [9.17, 15) is 9.50 Å². The lowest BCUT2D eigenvalue weighted by Crippen LogP contribution is -2.36. The largest absolute Gasteiger partial charge is 0.508 e. The Kier molecular flexibility index (Phi) is 3.17. The fourth-order valence-corrected chi connectivity index (χ4v) is 2.11. The quantitative estimate of drug-likeness (QED) is 0.839. The standard InChI is InChI=1S/C12H16FN3O/c1-2-3-16-11(7-15-12(16)14)8-4-9(13)6-10(17)5-8/h4-6,11,17H,2-3,7H2,1H3,(H2,14,15). The molecule has 0 aromatic heterocycles. The van der Waals surface area contributed by atoms with E-state index in [0.717, 1.165) is 19.0 Å². The molecule has 1 aliphatic heterocycles. The maximum atomic E-state index is 13.2. The van der Waals surface area contributed by atoms with E-state index in [1.807, 2.05) is 11.8 Å². The average molecular weight is 237 g/mol. The van der Waals surface area contributed by atoms with Crippen LogP contribution in [0.25, 0.3) is 0 Å². The minimum Gasteiger partial charge on any atom is -0.508 e. The molecule has 1 atom stereocenters. The smallest absolute Gasteiger partial charge is 0.191 e. The van der Waals surface area contributed by atoms with Crippen LogP contribution in [0, 0.1) is 5.82 Å². The first-order valence-electron chi connectivity index (χ1n) is 5.68. The lowest BCUT2D eigenvalue weighted by Gasteiger charge is -2.26. The van der Waals surface area contributed by atoms with Crippen molar-refractivity contribution < 1.29 is 9.50 Å². The number of benzene rings is 1. The molecule has 1 unspecified atom stereocenters. The van der Waals surface area contributed by atoms with Crippen molar-refractivity contribution >= 4 is 5.96 Å². The van der Waals surface area contributed by atoms with Gasteiger partial charge in [-0.05, 0) is 24.1 Å². The maximum Gasteiger partial charge on any atom is 0.191 e. The third-order valence-corrected chi connectivity index (χ3v) is 2.85. The Hall–Kier alpha value is -1.78. The number of halogens is 1. The highest BCUT2D eigenvalue weighted by atomic mass is 19.1. The van der Waals surface area contributed by atoms with Crippen molar-refractivity contribution in [2.75, 3.05) is 13.1 Å². The van der Waals surface area contributed by atoms with Crippen LogP contribution in [-0.4, -0.2) is 29.1 Å². The van der Waals surface area contributed by atoms with E-state index in [1.54, 1.807) is 6.07 Å². The number of phenols is 1. The summed E-state index contributed by atoms with van der Waals surface area (Å²) >= 11 is 0. The molecule has 1 aromatic carbocycles. The molecular formula is C12H16FN3O. The Balaban J connectivity index is 2.27. The number of hydrogen-bond donors (Lipinski definition) is 2. The van der Waals surface area contributed by atoms with Crippen LogP contribution in [0.2, 0.25) is 0 Å². The number of guanidine groups is 1. The molecule has 0 fully saturated rings. The van der Waals surface area contributed by atoms with Gasteiger partial charge in [-0.3, -0.25) is 4.99 Å². The van der Waals surface area contributed by atoms with E-state index >= 15 is 0 Å². The van der Waals surface area contributed by atoms with E-state index in [-0.39, 0.29) is 11.8 Å². The number of hydrogen-bond acceptors (Lipinski definition) is 4. The first kappa shape index (κ1) is 11.7. The number of aliphatic imine (C=N–C) groups is 1. The molecule has 1 aliphatic rings. The summed E-state index contributed by atoms with van der Waals surface area (Å²) in [6, 6.07) is 4.00. The summed E-state index contributed by atoms with van der Waals surface area (Å²) < 4.78 is 13.2. The third-order valence-electron chi connectivity index (χ3n) is 2.85. The van der Waals surface area contributed by atoms with Gasteiger partial charge < -0.3 is 15.7 Å². The first-order valence-corrected chi connectivity index (χ1v) is 5.68. The molecule has 0 radical (unpaired) electrons. The molecule has 2 rings (SSSR count). The van der Waals surface area contributed by atoms with Crippen LogP contribution >= 0.6 is 0 Å². The fourth-order valence-electron chi connectivity index (χ4n) is 2.11. The molecular weight excluding hydrogens is 221 g/mol. The highest BCUT2D eigenvalue weighted by Gasteiger charge is 2.27. The number of phenolic OH excluding ortho intramolecular Hbond substituents is 1. The Morgan fingerprint density at radius 2 is 2.29 bits per heavy atom. The normalized spacial score (nSPS) is 19.5. The van der Waals surface area contributed by atoms with Crippen molar-refractivity contribution in [1.29, 1.82) is 0 Å². The number of nitrogens with two attached hydrogens (primary N) is 1. The summed E-state index contributed by atoms with van der Waals surface area (Å²) in [5, 5.41) is 9.41. The molecule has 0 amide bonds. The minimum atomic E-state index is -0.443. The van der Waals surface area contributed by atoms with E-state index < -0.39 is 5.82 Å². The van der Waals surface area contributed by atoms with Crippen LogP contribution in [0.3, 0.4) is 0 Å². The predicted molar refractivity (Wildman–Crippen MR) is 64.3 cm³/mol.